The van der Waals surface area contributed by atoms with E-state index in [0.29, 0.717) is 0 Å². The first kappa shape index (κ1) is 10.6. The molecular weight excluding hydrogens is 193 g/mol. The fraction of sp³-hybridized carbons (Fsp3) is 0.600. The summed E-state index contributed by atoms with van der Waals surface area (Å²) in [5.41, 5.74) is 1.16. The minimum absolute atomic E-state index is 0.212. The molecule has 15 heavy (non-hydrogen) atoms. The first-order valence-electron chi connectivity index (χ1n) is 5.36. The summed E-state index contributed by atoms with van der Waals surface area (Å²) >= 11 is 0. The van der Waals surface area contributed by atoms with Crippen molar-refractivity contribution in [2.24, 2.45) is 5.92 Å². The molecule has 1 fully saturated rings. The van der Waals surface area contributed by atoms with Crippen molar-refractivity contribution >= 4 is 18.5 Å². The molecule has 2 N–H and O–H groups in total. The molecule has 2 rings (SSSR count). The quantitative estimate of drug-likeness (QED) is 0.683. The lowest BCUT2D eigenvalue weighted by molar-refractivity contribution is 0.409. The zero-order chi connectivity index (χ0) is 10.8. The predicted molar refractivity (Wildman–Crippen MR) is 59.1 cm³/mol. The molecule has 1 aliphatic heterocycles. The number of hydrogen-bond acceptors (Lipinski definition) is 4. The summed E-state index contributed by atoms with van der Waals surface area (Å²) in [5.74, 6) is 0.788. The topological polar surface area (TPSA) is 56.8 Å². The molecule has 1 aromatic heterocycles. The molecule has 5 heteroatoms. The van der Waals surface area contributed by atoms with Gasteiger partial charge in [0, 0.05) is 13.1 Å². The van der Waals surface area contributed by atoms with E-state index in [1.165, 1.54) is 12.8 Å². The maximum Gasteiger partial charge on any atom is 0.526 e. The van der Waals surface area contributed by atoms with Gasteiger partial charge in [-0.05, 0) is 24.8 Å². The van der Waals surface area contributed by atoms with Crippen molar-refractivity contribution in [2.75, 3.05) is 18.0 Å². The second-order valence-corrected chi connectivity index (χ2v) is 4.25. The number of anilines is 1. The van der Waals surface area contributed by atoms with E-state index < -0.39 is 7.12 Å². The highest BCUT2D eigenvalue weighted by Crippen LogP contribution is 2.22. The van der Waals surface area contributed by atoms with Crippen LogP contribution in [0.4, 0.5) is 5.69 Å². The molecule has 1 aromatic rings. The van der Waals surface area contributed by atoms with Crippen LogP contribution in [0.25, 0.3) is 0 Å². The molecule has 0 amide bonds. The van der Waals surface area contributed by atoms with Crippen LogP contribution >= 0.6 is 0 Å². The number of furan rings is 1. The third-order valence-corrected chi connectivity index (χ3v) is 3.01. The lowest BCUT2D eigenvalue weighted by Crippen LogP contribution is -2.33. The van der Waals surface area contributed by atoms with E-state index in [0.717, 1.165) is 24.7 Å². The van der Waals surface area contributed by atoms with Crippen LogP contribution in [0, 0.1) is 5.92 Å². The van der Waals surface area contributed by atoms with Crippen molar-refractivity contribution in [3.05, 3.63) is 12.3 Å². The van der Waals surface area contributed by atoms with Crippen LogP contribution in [0.1, 0.15) is 19.8 Å². The highest BCUT2D eigenvalue weighted by atomic mass is 16.4. The standard InChI is InChI=1S/C10H16BNO3/c1-8-2-4-12(5-3-8)9-6-10(11(13)14)15-7-9/h6-8,13-14H,2-5H2,1H3. The molecule has 4 nitrogen and oxygen atoms in total. The summed E-state index contributed by atoms with van der Waals surface area (Å²) in [4.78, 5) is 2.22. The first-order chi connectivity index (χ1) is 7.16. The van der Waals surface area contributed by atoms with Gasteiger partial charge >= 0.3 is 7.12 Å². The fourth-order valence-corrected chi connectivity index (χ4v) is 1.91. The van der Waals surface area contributed by atoms with Crippen molar-refractivity contribution in [3.63, 3.8) is 0 Å². The van der Waals surface area contributed by atoms with Crippen molar-refractivity contribution in [1.29, 1.82) is 0 Å². The molecule has 0 aromatic carbocycles. The average molecular weight is 209 g/mol. The van der Waals surface area contributed by atoms with Crippen LogP contribution in [0.3, 0.4) is 0 Å². The molecular formula is C10H16BNO3. The summed E-state index contributed by atoms with van der Waals surface area (Å²) in [6.45, 7) is 4.29. The van der Waals surface area contributed by atoms with E-state index in [-0.39, 0.29) is 5.66 Å². The molecule has 0 spiro atoms. The van der Waals surface area contributed by atoms with Gasteiger partial charge in [-0.1, -0.05) is 6.92 Å². The van der Waals surface area contributed by atoms with Crippen LogP contribution in [-0.2, 0) is 0 Å². The van der Waals surface area contributed by atoms with Gasteiger partial charge in [0.05, 0.1) is 5.69 Å². The Hall–Kier alpha value is -0.935. The zero-order valence-corrected chi connectivity index (χ0v) is 8.89. The molecule has 2 heterocycles. The van der Waals surface area contributed by atoms with E-state index in [9.17, 15) is 0 Å². The first-order valence-corrected chi connectivity index (χ1v) is 5.36. The monoisotopic (exact) mass is 209 g/mol. The molecule has 0 radical (unpaired) electrons. The Kier molecular flexibility index (Phi) is 3.02. The van der Waals surface area contributed by atoms with Crippen LogP contribution in [-0.4, -0.2) is 30.3 Å². The second-order valence-electron chi connectivity index (χ2n) is 4.25. The maximum atomic E-state index is 8.92. The Labute approximate surface area is 89.7 Å². The number of rotatable bonds is 2. The highest BCUT2D eigenvalue weighted by molar-refractivity contribution is 6.57. The summed E-state index contributed by atoms with van der Waals surface area (Å²) in [7, 11) is -1.51. The number of piperidine rings is 1. The largest absolute Gasteiger partial charge is 0.526 e. The maximum absolute atomic E-state index is 8.92. The molecule has 82 valence electrons. The van der Waals surface area contributed by atoms with E-state index in [4.69, 9.17) is 14.5 Å². The Bertz CT molecular complexity index is 318. The number of nitrogens with zero attached hydrogens (tertiary/aromatic N) is 1. The zero-order valence-electron chi connectivity index (χ0n) is 8.89. The normalized spacial score (nSPS) is 18.2. The van der Waals surface area contributed by atoms with Crippen LogP contribution in [0.15, 0.2) is 16.7 Å². The minimum atomic E-state index is -1.51. The lowest BCUT2D eigenvalue weighted by atomic mass is 9.88. The highest BCUT2D eigenvalue weighted by Gasteiger charge is 2.21. The van der Waals surface area contributed by atoms with Crippen LogP contribution in [0.2, 0.25) is 0 Å². The Balaban J connectivity index is 2.03. The molecule has 0 unspecified atom stereocenters. The third kappa shape index (κ3) is 2.35. The molecule has 0 aliphatic carbocycles. The summed E-state index contributed by atoms with van der Waals surface area (Å²) in [5, 5.41) is 17.8. The smallest absolute Gasteiger partial charge is 0.471 e. The van der Waals surface area contributed by atoms with Crippen molar-refractivity contribution < 1.29 is 14.5 Å². The Morgan fingerprint density at radius 1 is 1.40 bits per heavy atom. The average Bonchev–Trinajstić information content (AvgIpc) is 2.68. The Morgan fingerprint density at radius 2 is 2.07 bits per heavy atom. The molecule has 0 atom stereocenters. The second kappa shape index (κ2) is 4.29. The fourth-order valence-electron chi connectivity index (χ4n) is 1.91. The van der Waals surface area contributed by atoms with Crippen molar-refractivity contribution in [2.45, 2.75) is 19.8 Å². The SMILES string of the molecule is CC1CCN(c2coc(B(O)O)c2)CC1. The van der Waals surface area contributed by atoms with Crippen molar-refractivity contribution in [1.82, 2.24) is 0 Å². The van der Waals surface area contributed by atoms with E-state index in [1.807, 2.05) is 0 Å². The predicted octanol–water partition coefficient (Wildman–Crippen LogP) is 0.196. The van der Waals surface area contributed by atoms with Gasteiger partial charge < -0.3 is 19.4 Å². The lowest BCUT2D eigenvalue weighted by Gasteiger charge is -2.30. The summed E-state index contributed by atoms with van der Waals surface area (Å²) < 4.78 is 5.06. The van der Waals surface area contributed by atoms with Gasteiger partial charge in [0.1, 0.15) is 11.9 Å². The molecule has 1 aliphatic rings. The van der Waals surface area contributed by atoms with Gasteiger partial charge in [0.15, 0.2) is 0 Å². The molecule has 0 saturated carbocycles. The van der Waals surface area contributed by atoms with Crippen molar-refractivity contribution in [3.8, 4) is 0 Å². The van der Waals surface area contributed by atoms with Gasteiger partial charge in [-0.2, -0.15) is 0 Å². The third-order valence-electron chi connectivity index (χ3n) is 3.01. The minimum Gasteiger partial charge on any atom is -0.471 e. The van der Waals surface area contributed by atoms with E-state index in [1.54, 1.807) is 12.3 Å². The van der Waals surface area contributed by atoms with E-state index >= 15 is 0 Å². The number of hydrogen-bond donors (Lipinski definition) is 2. The van der Waals surface area contributed by atoms with Gasteiger partial charge in [-0.3, -0.25) is 0 Å². The molecule has 1 saturated heterocycles. The van der Waals surface area contributed by atoms with Crippen LogP contribution in [0.5, 0.6) is 0 Å². The van der Waals surface area contributed by atoms with Crippen LogP contribution < -0.4 is 10.6 Å². The summed E-state index contributed by atoms with van der Waals surface area (Å²) in [6.07, 6.45) is 3.95. The van der Waals surface area contributed by atoms with E-state index in [2.05, 4.69) is 11.8 Å². The Morgan fingerprint density at radius 3 is 2.60 bits per heavy atom. The molecule has 0 bridgehead atoms. The van der Waals surface area contributed by atoms with Gasteiger partial charge in [-0.15, -0.1) is 0 Å². The van der Waals surface area contributed by atoms with Gasteiger partial charge in [0.25, 0.3) is 0 Å². The van der Waals surface area contributed by atoms with Gasteiger partial charge in [-0.25, -0.2) is 0 Å². The summed E-state index contributed by atoms with van der Waals surface area (Å²) in [6, 6.07) is 1.70. The van der Waals surface area contributed by atoms with Gasteiger partial charge in [0.2, 0.25) is 0 Å².